The van der Waals surface area contributed by atoms with E-state index in [1.165, 1.54) is 19.3 Å². The molecular formula is C19H25NO3. The maximum absolute atomic E-state index is 12.5. The number of amides is 1. The SMILES string of the molecule is COc1ccc2c(CC(=O)NC3[C@@H](C)CCC[C@@H]3C)coc2c1. The largest absolute Gasteiger partial charge is 0.497 e. The third-order valence-electron chi connectivity index (χ3n) is 5.09. The van der Waals surface area contributed by atoms with Gasteiger partial charge in [0.2, 0.25) is 5.91 Å². The second-order valence-electron chi connectivity index (χ2n) is 6.78. The lowest BCUT2D eigenvalue weighted by Gasteiger charge is -2.35. The second kappa shape index (κ2) is 6.65. The monoisotopic (exact) mass is 315 g/mol. The van der Waals surface area contributed by atoms with E-state index >= 15 is 0 Å². The van der Waals surface area contributed by atoms with E-state index in [0.29, 0.717) is 18.3 Å². The van der Waals surface area contributed by atoms with E-state index in [4.69, 9.17) is 9.15 Å². The van der Waals surface area contributed by atoms with Crippen LogP contribution >= 0.6 is 0 Å². The van der Waals surface area contributed by atoms with Gasteiger partial charge in [0.05, 0.1) is 19.8 Å². The van der Waals surface area contributed by atoms with E-state index in [0.717, 1.165) is 22.3 Å². The average Bonchev–Trinajstić information content (AvgIpc) is 2.93. The fourth-order valence-electron chi connectivity index (χ4n) is 3.70. The number of nitrogens with one attached hydrogen (secondary N) is 1. The normalized spacial score (nSPS) is 22.2. The van der Waals surface area contributed by atoms with Crippen molar-refractivity contribution in [1.29, 1.82) is 0 Å². The van der Waals surface area contributed by atoms with Crippen molar-refractivity contribution in [2.75, 3.05) is 7.11 Å². The van der Waals surface area contributed by atoms with Gasteiger partial charge in [0.25, 0.3) is 0 Å². The van der Waals surface area contributed by atoms with E-state index in [-0.39, 0.29) is 11.9 Å². The minimum atomic E-state index is 0.0779. The van der Waals surface area contributed by atoms with Crippen LogP contribution in [-0.2, 0) is 11.2 Å². The molecule has 23 heavy (non-hydrogen) atoms. The first-order chi connectivity index (χ1) is 11.1. The Labute approximate surface area is 137 Å². The van der Waals surface area contributed by atoms with Gasteiger partial charge in [0.1, 0.15) is 11.3 Å². The van der Waals surface area contributed by atoms with Gasteiger partial charge in [0.15, 0.2) is 0 Å². The number of ether oxygens (including phenoxy) is 1. The van der Waals surface area contributed by atoms with Crippen molar-refractivity contribution in [3.63, 3.8) is 0 Å². The van der Waals surface area contributed by atoms with Gasteiger partial charge in [-0.25, -0.2) is 0 Å². The lowest BCUT2D eigenvalue weighted by atomic mass is 9.78. The summed E-state index contributed by atoms with van der Waals surface area (Å²) in [5.74, 6) is 1.93. The molecule has 4 heteroatoms. The van der Waals surface area contributed by atoms with Crippen LogP contribution in [0.5, 0.6) is 5.75 Å². The van der Waals surface area contributed by atoms with Crippen LogP contribution in [0.3, 0.4) is 0 Å². The molecule has 0 spiro atoms. The van der Waals surface area contributed by atoms with Crippen molar-refractivity contribution in [3.8, 4) is 5.75 Å². The smallest absolute Gasteiger partial charge is 0.224 e. The molecule has 1 N–H and O–H groups in total. The number of benzene rings is 1. The van der Waals surface area contributed by atoms with Crippen molar-refractivity contribution in [1.82, 2.24) is 5.32 Å². The number of fused-ring (bicyclic) bond motifs is 1. The summed E-state index contributed by atoms with van der Waals surface area (Å²) in [6.07, 6.45) is 5.70. The van der Waals surface area contributed by atoms with E-state index < -0.39 is 0 Å². The van der Waals surface area contributed by atoms with Crippen LogP contribution in [0.4, 0.5) is 0 Å². The minimum absolute atomic E-state index is 0.0779. The predicted molar refractivity (Wildman–Crippen MR) is 90.6 cm³/mol. The van der Waals surface area contributed by atoms with Gasteiger partial charge in [0, 0.05) is 23.1 Å². The first-order valence-electron chi connectivity index (χ1n) is 8.42. The van der Waals surface area contributed by atoms with Gasteiger partial charge in [-0.3, -0.25) is 4.79 Å². The van der Waals surface area contributed by atoms with E-state index in [9.17, 15) is 4.79 Å². The molecule has 4 nitrogen and oxygen atoms in total. The van der Waals surface area contributed by atoms with Crippen molar-refractivity contribution in [2.24, 2.45) is 11.8 Å². The van der Waals surface area contributed by atoms with Crippen LogP contribution in [0, 0.1) is 11.8 Å². The molecule has 3 rings (SSSR count). The van der Waals surface area contributed by atoms with Crippen molar-refractivity contribution in [3.05, 3.63) is 30.0 Å². The van der Waals surface area contributed by atoms with Gasteiger partial charge < -0.3 is 14.5 Å². The fourth-order valence-corrected chi connectivity index (χ4v) is 3.70. The van der Waals surface area contributed by atoms with E-state index in [1.54, 1.807) is 13.4 Å². The molecule has 0 radical (unpaired) electrons. The van der Waals surface area contributed by atoms with Crippen LogP contribution in [0.1, 0.15) is 38.7 Å². The molecule has 1 aromatic carbocycles. The Morgan fingerprint density at radius 1 is 1.30 bits per heavy atom. The quantitative estimate of drug-likeness (QED) is 0.930. The molecule has 0 aliphatic heterocycles. The van der Waals surface area contributed by atoms with E-state index in [2.05, 4.69) is 19.2 Å². The van der Waals surface area contributed by atoms with Gasteiger partial charge in [-0.05, 0) is 36.8 Å². The zero-order valence-electron chi connectivity index (χ0n) is 14.1. The maximum Gasteiger partial charge on any atom is 0.224 e. The molecule has 0 bridgehead atoms. The van der Waals surface area contributed by atoms with Crippen molar-refractivity contribution < 1.29 is 13.9 Å². The Balaban J connectivity index is 1.70. The van der Waals surface area contributed by atoms with Gasteiger partial charge in [-0.2, -0.15) is 0 Å². The third-order valence-corrected chi connectivity index (χ3v) is 5.09. The number of carbonyl (C=O) groups is 1. The molecule has 1 aromatic heterocycles. The highest BCUT2D eigenvalue weighted by molar-refractivity contribution is 5.88. The first-order valence-corrected chi connectivity index (χ1v) is 8.42. The molecule has 1 aliphatic carbocycles. The Hall–Kier alpha value is -1.97. The number of carbonyl (C=O) groups excluding carboxylic acids is 1. The summed E-state index contributed by atoms with van der Waals surface area (Å²) in [6.45, 7) is 4.47. The Bertz CT molecular complexity index is 681. The van der Waals surface area contributed by atoms with Crippen LogP contribution in [0.15, 0.2) is 28.9 Å². The Kier molecular flexibility index (Phi) is 4.60. The second-order valence-corrected chi connectivity index (χ2v) is 6.78. The molecule has 1 amide bonds. The summed E-state index contributed by atoms with van der Waals surface area (Å²) in [5.41, 5.74) is 1.68. The van der Waals surface area contributed by atoms with Gasteiger partial charge in [-0.1, -0.05) is 20.3 Å². The Morgan fingerprint density at radius 2 is 2.04 bits per heavy atom. The van der Waals surface area contributed by atoms with Crippen LogP contribution in [0.2, 0.25) is 0 Å². The Morgan fingerprint density at radius 3 is 2.74 bits per heavy atom. The van der Waals surface area contributed by atoms with Crippen LogP contribution in [-0.4, -0.2) is 19.1 Å². The molecular weight excluding hydrogens is 290 g/mol. The van der Waals surface area contributed by atoms with Crippen LogP contribution in [0.25, 0.3) is 11.0 Å². The maximum atomic E-state index is 12.5. The minimum Gasteiger partial charge on any atom is -0.497 e. The molecule has 1 aliphatic rings. The number of methoxy groups -OCH3 is 1. The molecule has 2 atom stereocenters. The highest BCUT2D eigenvalue weighted by Crippen LogP contribution is 2.29. The third kappa shape index (κ3) is 3.36. The zero-order chi connectivity index (χ0) is 16.4. The predicted octanol–water partition coefficient (Wildman–Crippen LogP) is 3.92. The highest BCUT2D eigenvalue weighted by Gasteiger charge is 2.29. The molecule has 1 saturated carbocycles. The van der Waals surface area contributed by atoms with Gasteiger partial charge >= 0.3 is 0 Å². The zero-order valence-corrected chi connectivity index (χ0v) is 14.1. The van der Waals surface area contributed by atoms with E-state index in [1.807, 2.05) is 18.2 Å². The average molecular weight is 315 g/mol. The standard InChI is InChI=1S/C19H25NO3/c1-12-5-4-6-13(2)19(12)20-18(21)9-14-11-23-17-10-15(22-3)7-8-16(14)17/h7-8,10-13,19H,4-6,9H2,1-3H3,(H,20,21)/t12-,13-/m0/s1. The molecule has 1 fully saturated rings. The van der Waals surface area contributed by atoms with Gasteiger partial charge in [-0.15, -0.1) is 0 Å². The summed E-state index contributed by atoms with van der Waals surface area (Å²) < 4.78 is 10.8. The summed E-state index contributed by atoms with van der Waals surface area (Å²) in [5, 5.41) is 4.22. The molecule has 0 unspecified atom stereocenters. The summed E-state index contributed by atoms with van der Waals surface area (Å²) in [6, 6.07) is 5.98. The van der Waals surface area contributed by atoms with Crippen LogP contribution < -0.4 is 10.1 Å². The topological polar surface area (TPSA) is 51.5 Å². The molecule has 0 saturated heterocycles. The summed E-state index contributed by atoms with van der Waals surface area (Å²) >= 11 is 0. The van der Waals surface area contributed by atoms with Crippen molar-refractivity contribution >= 4 is 16.9 Å². The number of hydrogen-bond donors (Lipinski definition) is 1. The molecule has 124 valence electrons. The summed E-state index contributed by atoms with van der Waals surface area (Å²) in [4.78, 5) is 12.5. The van der Waals surface area contributed by atoms with Crippen molar-refractivity contribution in [2.45, 2.75) is 45.6 Å². The molecule has 1 heterocycles. The molecule has 2 aromatic rings. The number of rotatable bonds is 4. The number of hydrogen-bond acceptors (Lipinski definition) is 3. The summed E-state index contributed by atoms with van der Waals surface area (Å²) in [7, 11) is 1.63. The lowest BCUT2D eigenvalue weighted by molar-refractivity contribution is -0.122. The number of furan rings is 1. The highest BCUT2D eigenvalue weighted by atomic mass is 16.5. The first kappa shape index (κ1) is 15.9. The fraction of sp³-hybridized carbons (Fsp3) is 0.526. The lowest BCUT2D eigenvalue weighted by Crippen LogP contribution is -2.46.